The Balaban J connectivity index is 1.75. The van der Waals surface area contributed by atoms with E-state index in [0.717, 1.165) is 53.4 Å². The normalized spacial score (nSPS) is 16.3. The van der Waals surface area contributed by atoms with Crippen LogP contribution in [0, 0.1) is 20.8 Å². The Morgan fingerprint density at radius 1 is 1.18 bits per heavy atom. The van der Waals surface area contributed by atoms with Gasteiger partial charge >= 0.3 is 0 Å². The third kappa shape index (κ3) is 4.24. The summed E-state index contributed by atoms with van der Waals surface area (Å²) in [7, 11) is 3.30. The number of carbonyl (C=O) groups is 1. The maximum absolute atomic E-state index is 13.0. The lowest BCUT2D eigenvalue weighted by Gasteiger charge is -2.26. The van der Waals surface area contributed by atoms with Crippen LogP contribution in [0.5, 0.6) is 11.5 Å². The van der Waals surface area contributed by atoms with Crippen LogP contribution in [0.25, 0.3) is 0 Å². The molecule has 0 N–H and O–H groups in total. The zero-order chi connectivity index (χ0) is 20.3. The van der Waals surface area contributed by atoms with Gasteiger partial charge in [0.1, 0.15) is 11.5 Å². The molecule has 1 fully saturated rings. The van der Waals surface area contributed by atoms with Crippen molar-refractivity contribution >= 4 is 17.7 Å². The predicted octanol–water partition coefficient (Wildman–Crippen LogP) is 3.87. The van der Waals surface area contributed by atoms with E-state index >= 15 is 0 Å². The highest BCUT2D eigenvalue weighted by Gasteiger charge is 2.32. The number of aromatic nitrogens is 2. The third-order valence-corrected chi connectivity index (χ3v) is 6.14. The molecule has 2 heterocycles. The molecule has 150 valence electrons. The number of nitrogens with zero attached hydrogens (tertiary/aromatic N) is 3. The minimum atomic E-state index is 0.000517. The van der Waals surface area contributed by atoms with E-state index in [1.165, 1.54) is 11.8 Å². The zero-order valence-electron chi connectivity index (χ0n) is 17.1. The van der Waals surface area contributed by atoms with Gasteiger partial charge in [0, 0.05) is 23.5 Å². The summed E-state index contributed by atoms with van der Waals surface area (Å²) < 4.78 is 10.9. The number of amides is 1. The standard InChI is InChI=1S/C21H27N3O3S/c1-13-14(2)22-21(23-15(13)3)28-12-20(25)24-10-6-7-18(24)17-11-16(26-4)8-9-19(17)27-5/h8-9,11,18H,6-7,10,12H2,1-5H3. The lowest BCUT2D eigenvalue weighted by molar-refractivity contribution is -0.129. The Kier molecular flexibility index (Phi) is 6.44. The first kappa shape index (κ1) is 20.5. The Morgan fingerprint density at radius 2 is 1.89 bits per heavy atom. The summed E-state index contributed by atoms with van der Waals surface area (Å²) in [6.45, 7) is 6.71. The summed E-state index contributed by atoms with van der Waals surface area (Å²) in [6.07, 6.45) is 1.89. The average Bonchev–Trinajstić information content (AvgIpc) is 3.19. The minimum Gasteiger partial charge on any atom is -0.497 e. The van der Waals surface area contributed by atoms with Gasteiger partial charge in [-0.1, -0.05) is 11.8 Å². The van der Waals surface area contributed by atoms with Crippen LogP contribution in [0.15, 0.2) is 23.4 Å². The number of methoxy groups -OCH3 is 2. The molecule has 1 amide bonds. The van der Waals surface area contributed by atoms with Crippen LogP contribution >= 0.6 is 11.8 Å². The molecule has 6 nitrogen and oxygen atoms in total. The van der Waals surface area contributed by atoms with Gasteiger partial charge in [-0.15, -0.1) is 0 Å². The van der Waals surface area contributed by atoms with E-state index in [4.69, 9.17) is 9.47 Å². The maximum Gasteiger partial charge on any atom is 0.233 e. The predicted molar refractivity (Wildman–Crippen MR) is 110 cm³/mol. The number of carbonyl (C=O) groups excluding carboxylic acids is 1. The van der Waals surface area contributed by atoms with Gasteiger partial charge in [0.05, 0.1) is 26.0 Å². The molecule has 7 heteroatoms. The highest BCUT2D eigenvalue weighted by Crippen LogP contribution is 2.39. The molecule has 1 unspecified atom stereocenters. The van der Waals surface area contributed by atoms with Crippen LogP contribution in [0.1, 0.15) is 41.4 Å². The number of hydrogen-bond acceptors (Lipinski definition) is 6. The smallest absolute Gasteiger partial charge is 0.233 e. The summed E-state index contributed by atoms with van der Waals surface area (Å²) >= 11 is 1.40. The van der Waals surface area contributed by atoms with E-state index in [2.05, 4.69) is 9.97 Å². The van der Waals surface area contributed by atoms with Gasteiger partial charge in [-0.25, -0.2) is 9.97 Å². The van der Waals surface area contributed by atoms with Gasteiger partial charge in [0.2, 0.25) is 5.91 Å². The van der Waals surface area contributed by atoms with Crippen molar-refractivity contribution in [1.82, 2.24) is 14.9 Å². The molecule has 1 aromatic carbocycles. The van der Waals surface area contributed by atoms with Crippen molar-refractivity contribution in [2.45, 2.75) is 44.8 Å². The third-order valence-electron chi connectivity index (χ3n) is 5.31. The van der Waals surface area contributed by atoms with Crippen molar-refractivity contribution in [1.29, 1.82) is 0 Å². The fourth-order valence-electron chi connectivity index (χ4n) is 3.50. The number of ether oxygens (including phenoxy) is 2. The Bertz CT molecular complexity index is 849. The molecule has 0 bridgehead atoms. The van der Waals surface area contributed by atoms with Gasteiger partial charge in [-0.05, 0) is 57.4 Å². The lowest BCUT2D eigenvalue weighted by atomic mass is 10.0. The molecule has 1 aliphatic rings. The molecule has 28 heavy (non-hydrogen) atoms. The molecule has 1 atom stereocenters. The van der Waals surface area contributed by atoms with Crippen molar-refractivity contribution in [3.05, 3.63) is 40.7 Å². The van der Waals surface area contributed by atoms with Gasteiger partial charge in [-0.3, -0.25) is 4.79 Å². The average molecular weight is 402 g/mol. The molecule has 0 saturated carbocycles. The second-order valence-corrected chi connectivity index (χ2v) is 7.89. The van der Waals surface area contributed by atoms with Crippen molar-refractivity contribution in [2.24, 2.45) is 0 Å². The fraction of sp³-hybridized carbons (Fsp3) is 0.476. The lowest BCUT2D eigenvalue weighted by Crippen LogP contribution is -2.32. The molecule has 1 aromatic heterocycles. The fourth-order valence-corrected chi connectivity index (χ4v) is 4.32. The molecule has 0 spiro atoms. The zero-order valence-corrected chi connectivity index (χ0v) is 17.9. The Hall–Kier alpha value is -2.28. The van der Waals surface area contributed by atoms with E-state index in [1.54, 1.807) is 14.2 Å². The van der Waals surface area contributed by atoms with Crippen LogP contribution < -0.4 is 9.47 Å². The van der Waals surface area contributed by atoms with Gasteiger partial charge in [0.25, 0.3) is 0 Å². The van der Waals surface area contributed by atoms with Crippen molar-refractivity contribution in [3.8, 4) is 11.5 Å². The van der Waals surface area contributed by atoms with Crippen LogP contribution in [-0.4, -0.2) is 47.3 Å². The molecule has 1 aliphatic heterocycles. The molecule has 0 aliphatic carbocycles. The Morgan fingerprint density at radius 3 is 2.54 bits per heavy atom. The molecule has 1 saturated heterocycles. The van der Waals surface area contributed by atoms with Crippen LogP contribution in [0.3, 0.4) is 0 Å². The van der Waals surface area contributed by atoms with Crippen molar-refractivity contribution < 1.29 is 14.3 Å². The van der Waals surface area contributed by atoms with Gasteiger partial charge in [0.15, 0.2) is 5.16 Å². The van der Waals surface area contributed by atoms with E-state index in [9.17, 15) is 4.79 Å². The van der Waals surface area contributed by atoms with E-state index in [-0.39, 0.29) is 11.9 Å². The topological polar surface area (TPSA) is 64.6 Å². The summed E-state index contributed by atoms with van der Waals surface area (Å²) in [5.41, 5.74) is 4.02. The first-order valence-corrected chi connectivity index (χ1v) is 10.4. The SMILES string of the molecule is COc1ccc(OC)c(C2CCCN2C(=O)CSc2nc(C)c(C)c(C)n2)c1. The largest absolute Gasteiger partial charge is 0.497 e. The molecule has 2 aromatic rings. The highest BCUT2D eigenvalue weighted by molar-refractivity contribution is 7.99. The number of hydrogen-bond donors (Lipinski definition) is 0. The molecule has 3 rings (SSSR count). The van der Waals surface area contributed by atoms with E-state index in [0.29, 0.717) is 10.9 Å². The van der Waals surface area contributed by atoms with E-state index < -0.39 is 0 Å². The minimum absolute atomic E-state index is 0.000517. The van der Waals surface area contributed by atoms with Crippen LogP contribution in [0.4, 0.5) is 0 Å². The quantitative estimate of drug-likeness (QED) is 0.541. The summed E-state index contributed by atoms with van der Waals surface area (Å²) in [5, 5.41) is 0.656. The number of likely N-dealkylation sites (tertiary alicyclic amines) is 1. The second kappa shape index (κ2) is 8.82. The first-order chi connectivity index (χ1) is 13.4. The maximum atomic E-state index is 13.0. The second-order valence-electron chi connectivity index (χ2n) is 6.94. The van der Waals surface area contributed by atoms with Crippen LogP contribution in [0.2, 0.25) is 0 Å². The number of aryl methyl sites for hydroxylation is 2. The van der Waals surface area contributed by atoms with Crippen LogP contribution in [-0.2, 0) is 4.79 Å². The van der Waals surface area contributed by atoms with Gasteiger partial charge < -0.3 is 14.4 Å². The summed E-state index contributed by atoms with van der Waals surface area (Å²) in [4.78, 5) is 23.9. The van der Waals surface area contributed by atoms with E-state index in [1.807, 2.05) is 43.9 Å². The monoisotopic (exact) mass is 401 g/mol. The number of thioether (sulfide) groups is 1. The van der Waals surface area contributed by atoms with Crippen molar-refractivity contribution in [3.63, 3.8) is 0 Å². The number of rotatable bonds is 6. The molecular weight excluding hydrogens is 374 g/mol. The molecular formula is C21H27N3O3S. The molecule has 0 radical (unpaired) electrons. The number of benzene rings is 1. The Labute approximate surface area is 170 Å². The summed E-state index contributed by atoms with van der Waals surface area (Å²) in [5.74, 6) is 1.97. The summed E-state index contributed by atoms with van der Waals surface area (Å²) in [6, 6.07) is 5.74. The first-order valence-electron chi connectivity index (χ1n) is 9.40. The van der Waals surface area contributed by atoms with Crippen molar-refractivity contribution in [2.75, 3.05) is 26.5 Å². The highest BCUT2D eigenvalue weighted by atomic mass is 32.2. The van der Waals surface area contributed by atoms with Gasteiger partial charge in [-0.2, -0.15) is 0 Å².